The number of hydroxylamine groups is 2. The molecule has 4 heteroatoms. The van der Waals surface area contributed by atoms with Crippen LogP contribution in [0.5, 0.6) is 0 Å². The van der Waals surface area contributed by atoms with Crippen molar-refractivity contribution in [2.75, 3.05) is 0 Å². The van der Waals surface area contributed by atoms with Crippen LogP contribution >= 0.6 is 0 Å². The minimum absolute atomic E-state index is 0.123. The molecule has 0 aliphatic rings. The van der Waals surface area contributed by atoms with E-state index in [-0.39, 0.29) is 6.61 Å². The molecule has 0 heterocycles. The summed E-state index contributed by atoms with van der Waals surface area (Å²) in [7, 11) is 0. The summed E-state index contributed by atoms with van der Waals surface area (Å²) in [6.45, 7) is 0.123. The monoisotopic (exact) mass is 331 g/mol. The molecular formula is C21H17NO3. The molecule has 0 aromatic heterocycles. The number of rotatable bonds is 5. The van der Waals surface area contributed by atoms with Crippen LogP contribution in [0.1, 0.15) is 26.3 Å². The van der Waals surface area contributed by atoms with Crippen molar-refractivity contribution in [2.24, 2.45) is 0 Å². The lowest BCUT2D eigenvalue weighted by atomic mass is 10.2. The standard InChI is InChI=1S/C21H17NO3/c23-20(18-12-6-2-7-13-18)22(21(24)19-14-8-3-9-15-19)25-16-17-10-4-1-5-11-17/h1-15H,16H2. The van der Waals surface area contributed by atoms with Crippen LogP contribution in [0.2, 0.25) is 0 Å². The number of benzene rings is 3. The van der Waals surface area contributed by atoms with E-state index >= 15 is 0 Å². The minimum atomic E-state index is -0.495. The molecule has 4 nitrogen and oxygen atoms in total. The number of carbonyl (C=O) groups excluding carboxylic acids is 2. The Morgan fingerprint density at radius 2 is 1.04 bits per heavy atom. The van der Waals surface area contributed by atoms with Crippen LogP contribution < -0.4 is 0 Å². The van der Waals surface area contributed by atoms with Gasteiger partial charge in [0, 0.05) is 11.1 Å². The third-order valence-corrected chi connectivity index (χ3v) is 3.61. The fraction of sp³-hybridized carbons (Fsp3) is 0.0476. The van der Waals surface area contributed by atoms with Gasteiger partial charge in [0.15, 0.2) is 0 Å². The van der Waals surface area contributed by atoms with E-state index in [0.717, 1.165) is 10.6 Å². The first-order valence-corrected chi connectivity index (χ1v) is 7.91. The summed E-state index contributed by atoms with van der Waals surface area (Å²) in [4.78, 5) is 31.1. The van der Waals surface area contributed by atoms with E-state index in [1.807, 2.05) is 42.5 Å². The molecule has 0 fully saturated rings. The van der Waals surface area contributed by atoms with E-state index in [1.54, 1.807) is 48.5 Å². The molecule has 3 rings (SSSR count). The van der Waals surface area contributed by atoms with Gasteiger partial charge in [-0.3, -0.25) is 14.4 Å². The van der Waals surface area contributed by atoms with Gasteiger partial charge in [0.25, 0.3) is 11.8 Å². The highest BCUT2D eigenvalue weighted by Gasteiger charge is 2.25. The van der Waals surface area contributed by atoms with Gasteiger partial charge in [0.05, 0.1) is 0 Å². The van der Waals surface area contributed by atoms with Gasteiger partial charge in [-0.2, -0.15) is 0 Å². The molecule has 0 saturated carbocycles. The van der Waals surface area contributed by atoms with Crippen LogP contribution in [0.3, 0.4) is 0 Å². The molecule has 25 heavy (non-hydrogen) atoms. The second-order valence-corrected chi connectivity index (χ2v) is 5.40. The summed E-state index contributed by atoms with van der Waals surface area (Å²) in [6.07, 6.45) is 0. The van der Waals surface area contributed by atoms with Gasteiger partial charge in [0.1, 0.15) is 6.61 Å². The summed E-state index contributed by atoms with van der Waals surface area (Å²) in [6, 6.07) is 26.6. The van der Waals surface area contributed by atoms with Gasteiger partial charge in [-0.1, -0.05) is 66.7 Å². The zero-order valence-corrected chi connectivity index (χ0v) is 13.5. The Morgan fingerprint density at radius 3 is 1.48 bits per heavy atom. The highest BCUT2D eigenvalue weighted by molar-refractivity contribution is 6.09. The van der Waals surface area contributed by atoms with Crippen molar-refractivity contribution in [2.45, 2.75) is 6.61 Å². The summed E-state index contributed by atoms with van der Waals surface area (Å²) in [5.41, 5.74) is 1.65. The predicted octanol–water partition coefficient (Wildman–Crippen LogP) is 4.10. The lowest BCUT2D eigenvalue weighted by Gasteiger charge is -2.20. The van der Waals surface area contributed by atoms with Crippen LogP contribution in [0, 0.1) is 0 Å². The van der Waals surface area contributed by atoms with Gasteiger partial charge < -0.3 is 0 Å². The molecule has 3 aromatic rings. The Balaban J connectivity index is 1.85. The number of amides is 2. The zero-order valence-electron chi connectivity index (χ0n) is 13.5. The molecule has 2 amide bonds. The quantitative estimate of drug-likeness (QED) is 0.522. The second kappa shape index (κ2) is 8.04. The highest BCUT2D eigenvalue weighted by Crippen LogP contribution is 2.13. The van der Waals surface area contributed by atoms with Crippen LogP contribution in [-0.2, 0) is 11.4 Å². The van der Waals surface area contributed by atoms with Crippen molar-refractivity contribution in [1.82, 2.24) is 5.06 Å². The molecule has 0 saturated heterocycles. The van der Waals surface area contributed by atoms with Crippen molar-refractivity contribution in [1.29, 1.82) is 0 Å². The first-order chi connectivity index (χ1) is 12.3. The Bertz CT molecular complexity index is 781. The number of imide groups is 1. The minimum Gasteiger partial charge on any atom is -0.266 e. The first-order valence-electron chi connectivity index (χ1n) is 7.91. The maximum Gasteiger partial charge on any atom is 0.285 e. The van der Waals surface area contributed by atoms with E-state index in [2.05, 4.69) is 0 Å². The average molecular weight is 331 g/mol. The highest BCUT2D eigenvalue weighted by atomic mass is 16.7. The van der Waals surface area contributed by atoms with E-state index in [4.69, 9.17) is 4.84 Å². The predicted molar refractivity (Wildman–Crippen MR) is 94.6 cm³/mol. The van der Waals surface area contributed by atoms with Gasteiger partial charge in [-0.25, -0.2) is 0 Å². The van der Waals surface area contributed by atoms with E-state index in [1.165, 1.54) is 0 Å². The molecule has 3 aromatic carbocycles. The smallest absolute Gasteiger partial charge is 0.266 e. The fourth-order valence-electron chi connectivity index (χ4n) is 2.32. The van der Waals surface area contributed by atoms with Crippen LogP contribution in [-0.4, -0.2) is 16.9 Å². The number of carbonyl (C=O) groups is 2. The number of hydrogen-bond donors (Lipinski definition) is 0. The van der Waals surface area contributed by atoms with Crippen LogP contribution in [0.25, 0.3) is 0 Å². The summed E-state index contributed by atoms with van der Waals surface area (Å²) >= 11 is 0. The molecule has 0 unspecified atom stereocenters. The van der Waals surface area contributed by atoms with Crippen molar-refractivity contribution in [3.8, 4) is 0 Å². The van der Waals surface area contributed by atoms with E-state index < -0.39 is 11.8 Å². The summed E-state index contributed by atoms with van der Waals surface area (Å²) < 4.78 is 0. The topological polar surface area (TPSA) is 46.6 Å². The maximum absolute atomic E-state index is 12.8. The van der Waals surface area contributed by atoms with Gasteiger partial charge in [0.2, 0.25) is 0 Å². The van der Waals surface area contributed by atoms with Crippen molar-refractivity contribution < 1.29 is 14.4 Å². The van der Waals surface area contributed by atoms with Gasteiger partial charge in [-0.15, -0.1) is 5.06 Å². The Hall–Kier alpha value is -3.24. The van der Waals surface area contributed by atoms with Crippen molar-refractivity contribution >= 4 is 11.8 Å². The Labute approximate surface area is 146 Å². The normalized spacial score (nSPS) is 10.2. The molecule has 0 atom stereocenters. The fourth-order valence-corrected chi connectivity index (χ4v) is 2.32. The number of hydrogen-bond acceptors (Lipinski definition) is 3. The molecule has 0 N–H and O–H groups in total. The molecule has 0 radical (unpaired) electrons. The van der Waals surface area contributed by atoms with Gasteiger partial charge in [-0.05, 0) is 29.8 Å². The SMILES string of the molecule is O=C(c1ccccc1)N(OCc1ccccc1)C(=O)c1ccccc1. The maximum atomic E-state index is 12.8. The van der Waals surface area contributed by atoms with Crippen LogP contribution in [0.15, 0.2) is 91.0 Å². The Kier molecular flexibility index (Phi) is 5.34. The van der Waals surface area contributed by atoms with E-state index in [9.17, 15) is 9.59 Å². The molecular weight excluding hydrogens is 314 g/mol. The molecule has 0 bridgehead atoms. The largest absolute Gasteiger partial charge is 0.285 e. The molecule has 124 valence electrons. The third-order valence-electron chi connectivity index (χ3n) is 3.61. The second-order valence-electron chi connectivity index (χ2n) is 5.40. The third kappa shape index (κ3) is 4.19. The van der Waals surface area contributed by atoms with Crippen molar-refractivity contribution in [3.05, 3.63) is 108 Å². The van der Waals surface area contributed by atoms with Gasteiger partial charge >= 0.3 is 0 Å². The lowest BCUT2D eigenvalue weighted by molar-refractivity contribution is -0.104. The average Bonchev–Trinajstić information content (AvgIpc) is 2.70. The molecule has 0 aliphatic carbocycles. The summed E-state index contributed by atoms with van der Waals surface area (Å²) in [5.74, 6) is -0.990. The zero-order chi connectivity index (χ0) is 17.5. The Morgan fingerprint density at radius 1 is 0.640 bits per heavy atom. The van der Waals surface area contributed by atoms with E-state index in [0.29, 0.717) is 11.1 Å². The van der Waals surface area contributed by atoms with Crippen LogP contribution in [0.4, 0.5) is 0 Å². The first kappa shape index (κ1) is 16.6. The lowest BCUT2D eigenvalue weighted by Crippen LogP contribution is -2.37. The van der Waals surface area contributed by atoms with Crippen molar-refractivity contribution in [3.63, 3.8) is 0 Å². The number of nitrogens with zero attached hydrogens (tertiary/aromatic N) is 1. The molecule has 0 aliphatic heterocycles. The molecule has 0 spiro atoms. The summed E-state index contributed by atoms with van der Waals surface area (Å²) in [5, 5.41) is 0.831.